The van der Waals surface area contributed by atoms with Gasteiger partial charge in [0.15, 0.2) is 9.84 Å². The minimum Gasteiger partial charge on any atom is -0.480 e. The zero-order valence-electron chi connectivity index (χ0n) is 10.9. The van der Waals surface area contributed by atoms with Crippen LogP contribution in [0.3, 0.4) is 0 Å². The third kappa shape index (κ3) is 4.27. The van der Waals surface area contributed by atoms with Gasteiger partial charge in [0.25, 0.3) is 0 Å². The lowest BCUT2D eigenvalue weighted by molar-refractivity contribution is -0.137. The highest BCUT2D eigenvalue weighted by molar-refractivity contribution is 8.00. The van der Waals surface area contributed by atoms with Crippen molar-refractivity contribution in [1.29, 1.82) is 0 Å². The highest BCUT2D eigenvalue weighted by atomic mass is 32.2. The molecule has 9 heteroatoms. The van der Waals surface area contributed by atoms with Crippen molar-refractivity contribution in [3.05, 3.63) is 0 Å². The second-order valence-electron chi connectivity index (χ2n) is 4.24. The minimum absolute atomic E-state index is 0.227. The minimum atomic E-state index is -3.38. The second kappa shape index (κ2) is 6.47. The van der Waals surface area contributed by atoms with E-state index in [0.717, 1.165) is 11.2 Å². The standard InChI is InChI=1S/C10H18N2O5S2/c1-3-11(6-9(13)14)10(15)12-4-5-18-7-8(12)19(2,16)17/h8H,3-7H2,1-2H3,(H,13,14). The molecule has 0 spiro atoms. The summed E-state index contributed by atoms with van der Waals surface area (Å²) in [7, 11) is -3.38. The van der Waals surface area contributed by atoms with Crippen LogP contribution >= 0.6 is 11.8 Å². The van der Waals surface area contributed by atoms with Crippen LogP contribution in [-0.2, 0) is 14.6 Å². The summed E-state index contributed by atoms with van der Waals surface area (Å²) in [5.74, 6) is -0.130. The quantitative estimate of drug-likeness (QED) is 0.781. The molecule has 1 aliphatic heterocycles. The average molecular weight is 310 g/mol. The van der Waals surface area contributed by atoms with Gasteiger partial charge in [0, 0.05) is 30.9 Å². The van der Waals surface area contributed by atoms with Crippen LogP contribution in [0.25, 0.3) is 0 Å². The number of hydrogen-bond acceptors (Lipinski definition) is 5. The van der Waals surface area contributed by atoms with Gasteiger partial charge in [-0.15, -0.1) is 0 Å². The molecule has 0 bridgehead atoms. The van der Waals surface area contributed by atoms with E-state index in [4.69, 9.17) is 5.11 Å². The van der Waals surface area contributed by atoms with Gasteiger partial charge in [0.2, 0.25) is 0 Å². The summed E-state index contributed by atoms with van der Waals surface area (Å²) in [6.07, 6.45) is 1.09. The van der Waals surface area contributed by atoms with E-state index in [1.165, 1.54) is 16.7 Å². The Morgan fingerprint density at radius 1 is 1.47 bits per heavy atom. The number of thioether (sulfide) groups is 1. The van der Waals surface area contributed by atoms with E-state index < -0.39 is 33.8 Å². The summed E-state index contributed by atoms with van der Waals surface area (Å²) >= 11 is 1.48. The van der Waals surface area contributed by atoms with Crippen LogP contribution in [0.15, 0.2) is 0 Å². The molecule has 0 aromatic heterocycles. The Labute approximate surface area is 116 Å². The van der Waals surface area contributed by atoms with Crippen LogP contribution in [0.1, 0.15) is 6.92 Å². The normalized spacial score (nSPS) is 20.1. The van der Waals surface area contributed by atoms with E-state index >= 15 is 0 Å². The predicted molar refractivity (Wildman–Crippen MR) is 72.9 cm³/mol. The molecular formula is C10H18N2O5S2. The van der Waals surface area contributed by atoms with E-state index in [2.05, 4.69) is 0 Å². The molecule has 1 rings (SSSR count). The summed E-state index contributed by atoms with van der Waals surface area (Å²) in [5.41, 5.74) is 0. The molecule has 1 atom stereocenters. The van der Waals surface area contributed by atoms with Crippen LogP contribution in [-0.4, -0.2) is 78.1 Å². The van der Waals surface area contributed by atoms with Crippen molar-refractivity contribution < 1.29 is 23.1 Å². The van der Waals surface area contributed by atoms with Crippen LogP contribution in [0.4, 0.5) is 4.79 Å². The van der Waals surface area contributed by atoms with Gasteiger partial charge in [-0.2, -0.15) is 11.8 Å². The number of rotatable bonds is 4. The largest absolute Gasteiger partial charge is 0.480 e. The number of sulfone groups is 1. The van der Waals surface area contributed by atoms with Crippen molar-refractivity contribution in [3.8, 4) is 0 Å². The molecule has 1 unspecified atom stereocenters. The number of aliphatic carboxylic acids is 1. The van der Waals surface area contributed by atoms with Crippen LogP contribution in [0.2, 0.25) is 0 Å². The summed E-state index contributed by atoms with van der Waals surface area (Å²) in [5, 5.41) is 7.88. The lowest BCUT2D eigenvalue weighted by atomic mass is 10.4. The summed E-state index contributed by atoms with van der Waals surface area (Å²) < 4.78 is 23.4. The highest BCUT2D eigenvalue weighted by Crippen LogP contribution is 2.21. The fourth-order valence-corrected chi connectivity index (χ4v) is 4.62. The first kappa shape index (κ1) is 16.1. The van der Waals surface area contributed by atoms with E-state index in [-0.39, 0.29) is 6.54 Å². The number of amides is 2. The molecule has 1 saturated heterocycles. The molecule has 0 radical (unpaired) electrons. The van der Waals surface area contributed by atoms with E-state index in [0.29, 0.717) is 18.1 Å². The molecule has 0 saturated carbocycles. The van der Waals surface area contributed by atoms with Crippen molar-refractivity contribution >= 4 is 33.6 Å². The van der Waals surface area contributed by atoms with Gasteiger partial charge < -0.3 is 14.9 Å². The SMILES string of the molecule is CCN(CC(=O)O)C(=O)N1CCSCC1S(C)(=O)=O. The smallest absolute Gasteiger partial charge is 0.323 e. The van der Waals surface area contributed by atoms with Crippen molar-refractivity contribution in [2.75, 3.05) is 37.4 Å². The van der Waals surface area contributed by atoms with Crippen LogP contribution in [0, 0.1) is 0 Å². The third-order valence-electron chi connectivity index (χ3n) is 2.80. The monoisotopic (exact) mass is 310 g/mol. The van der Waals surface area contributed by atoms with Crippen molar-refractivity contribution in [1.82, 2.24) is 9.80 Å². The first-order chi connectivity index (χ1) is 8.77. The molecule has 2 amide bonds. The molecular weight excluding hydrogens is 292 g/mol. The number of carboxylic acid groups (broad SMARTS) is 1. The Hall–Kier alpha value is -0.960. The maximum atomic E-state index is 12.2. The first-order valence-electron chi connectivity index (χ1n) is 5.81. The van der Waals surface area contributed by atoms with E-state index in [1.807, 2.05) is 0 Å². The molecule has 1 N–H and O–H groups in total. The second-order valence-corrected chi connectivity index (χ2v) is 7.60. The summed E-state index contributed by atoms with van der Waals surface area (Å²) in [6, 6.07) is -0.527. The average Bonchev–Trinajstić information content (AvgIpc) is 2.34. The van der Waals surface area contributed by atoms with Crippen molar-refractivity contribution in [3.63, 3.8) is 0 Å². The number of carbonyl (C=O) groups is 2. The zero-order valence-corrected chi connectivity index (χ0v) is 12.5. The van der Waals surface area contributed by atoms with Crippen LogP contribution in [0.5, 0.6) is 0 Å². The topological polar surface area (TPSA) is 95.0 Å². The maximum Gasteiger partial charge on any atom is 0.323 e. The number of nitrogens with zero attached hydrogens (tertiary/aromatic N) is 2. The molecule has 1 heterocycles. The Morgan fingerprint density at radius 2 is 2.11 bits per heavy atom. The summed E-state index contributed by atoms with van der Waals surface area (Å²) in [6.45, 7) is 1.78. The molecule has 0 aromatic rings. The van der Waals surface area contributed by atoms with Crippen molar-refractivity contribution in [2.24, 2.45) is 0 Å². The number of carbonyl (C=O) groups excluding carboxylic acids is 1. The molecule has 1 fully saturated rings. The van der Waals surface area contributed by atoms with Gasteiger partial charge in [0.05, 0.1) is 0 Å². The fourth-order valence-electron chi connectivity index (χ4n) is 1.81. The molecule has 7 nitrogen and oxygen atoms in total. The first-order valence-corrected chi connectivity index (χ1v) is 8.92. The van der Waals surface area contributed by atoms with Gasteiger partial charge in [-0.25, -0.2) is 13.2 Å². The Kier molecular flexibility index (Phi) is 5.48. The Morgan fingerprint density at radius 3 is 2.58 bits per heavy atom. The van der Waals surface area contributed by atoms with E-state index in [9.17, 15) is 18.0 Å². The predicted octanol–water partition coefficient (Wildman–Crippen LogP) is -0.0676. The zero-order chi connectivity index (χ0) is 14.6. The third-order valence-corrected chi connectivity index (χ3v) is 5.45. The highest BCUT2D eigenvalue weighted by Gasteiger charge is 2.36. The fraction of sp³-hybridized carbons (Fsp3) is 0.800. The number of hydrogen-bond donors (Lipinski definition) is 1. The Bertz CT molecular complexity index is 451. The lowest BCUT2D eigenvalue weighted by Gasteiger charge is -2.37. The van der Waals surface area contributed by atoms with E-state index in [1.54, 1.807) is 6.92 Å². The number of likely N-dealkylation sites (N-methyl/N-ethyl adjacent to an activating group) is 1. The Balaban J connectivity index is 2.90. The lowest BCUT2D eigenvalue weighted by Crippen LogP contribution is -2.55. The molecule has 110 valence electrons. The molecule has 19 heavy (non-hydrogen) atoms. The number of carboxylic acids is 1. The maximum absolute atomic E-state index is 12.2. The van der Waals surface area contributed by atoms with Gasteiger partial charge in [-0.05, 0) is 6.92 Å². The van der Waals surface area contributed by atoms with Gasteiger partial charge in [-0.3, -0.25) is 4.79 Å². The van der Waals surface area contributed by atoms with Gasteiger partial charge >= 0.3 is 12.0 Å². The van der Waals surface area contributed by atoms with Gasteiger partial charge in [0.1, 0.15) is 11.9 Å². The summed E-state index contributed by atoms with van der Waals surface area (Å²) in [4.78, 5) is 25.3. The van der Waals surface area contributed by atoms with Crippen LogP contribution < -0.4 is 0 Å². The van der Waals surface area contributed by atoms with Gasteiger partial charge in [-0.1, -0.05) is 0 Å². The molecule has 0 aliphatic carbocycles. The molecule has 0 aromatic carbocycles. The van der Waals surface area contributed by atoms with Crippen molar-refractivity contribution in [2.45, 2.75) is 12.3 Å². The molecule has 1 aliphatic rings. The number of urea groups is 1.